The van der Waals surface area contributed by atoms with Crippen LogP contribution in [-0.4, -0.2) is 9.13 Å². The molecule has 2 aromatic heterocycles. The highest BCUT2D eigenvalue weighted by atomic mass is 32.1. The van der Waals surface area contributed by atoms with Crippen molar-refractivity contribution < 1.29 is 9.13 Å². The van der Waals surface area contributed by atoms with Gasteiger partial charge in [0.2, 0.25) is 6.67 Å². The number of hydrogen-bond acceptors (Lipinski definition) is 2. The molecule has 0 bridgehead atoms. The van der Waals surface area contributed by atoms with Gasteiger partial charge in [-0.25, -0.2) is 9.13 Å². The van der Waals surface area contributed by atoms with E-state index in [1.807, 2.05) is 57.2 Å². The quantitative estimate of drug-likeness (QED) is 0.546. The molecule has 0 aliphatic heterocycles. The van der Waals surface area contributed by atoms with Crippen LogP contribution in [0.1, 0.15) is 0 Å². The van der Waals surface area contributed by atoms with Gasteiger partial charge >= 0.3 is 10.3 Å². The number of aryl methyl sites for hydroxylation is 2. The van der Waals surface area contributed by atoms with Gasteiger partial charge in [0.15, 0.2) is 0 Å². The molecule has 0 radical (unpaired) electrons. The molecular formula is C9H14N4S2+2. The second-order valence-electron chi connectivity index (χ2n) is 3.50. The molecule has 15 heavy (non-hydrogen) atoms. The van der Waals surface area contributed by atoms with E-state index in [2.05, 4.69) is 25.3 Å². The molecule has 2 rings (SSSR count). The lowest BCUT2D eigenvalue weighted by Crippen LogP contribution is -2.29. The zero-order valence-electron chi connectivity index (χ0n) is 8.70. The first-order chi connectivity index (χ1) is 7.09. The monoisotopic (exact) mass is 242 g/mol. The van der Waals surface area contributed by atoms with Crippen molar-refractivity contribution in [1.29, 1.82) is 0 Å². The Morgan fingerprint density at radius 1 is 1.00 bits per heavy atom. The van der Waals surface area contributed by atoms with Crippen LogP contribution in [0.5, 0.6) is 0 Å². The predicted molar refractivity (Wildman–Crippen MR) is 61.1 cm³/mol. The van der Waals surface area contributed by atoms with E-state index in [1.54, 1.807) is 0 Å². The number of hydrogen-bond donors (Lipinski definition) is 2. The van der Waals surface area contributed by atoms with Crippen LogP contribution >= 0.6 is 25.3 Å². The van der Waals surface area contributed by atoms with E-state index in [4.69, 9.17) is 0 Å². The van der Waals surface area contributed by atoms with E-state index in [9.17, 15) is 0 Å². The smallest absolute Gasteiger partial charge is 0.227 e. The Balaban J connectivity index is 2.29. The van der Waals surface area contributed by atoms with E-state index < -0.39 is 0 Å². The molecule has 0 unspecified atom stereocenters. The standard InChI is InChI=1S/C9H12N4S2/c1-10-3-5-12(8(10)14)7-13-6-4-11(2)9(13)15/h3-6H,7H2,1-2H3/p+2. The summed E-state index contributed by atoms with van der Waals surface area (Å²) in [5.74, 6) is 0. The van der Waals surface area contributed by atoms with Crippen LogP contribution < -0.4 is 9.13 Å². The lowest BCUT2D eigenvalue weighted by molar-refractivity contribution is -0.710. The summed E-state index contributed by atoms with van der Waals surface area (Å²) < 4.78 is 8.02. The van der Waals surface area contributed by atoms with Crippen LogP contribution in [0.2, 0.25) is 0 Å². The Morgan fingerprint density at radius 2 is 1.40 bits per heavy atom. The Kier molecular flexibility index (Phi) is 2.79. The number of rotatable bonds is 2. The molecule has 0 aliphatic carbocycles. The number of imidazole rings is 2. The van der Waals surface area contributed by atoms with Crippen LogP contribution in [0, 0.1) is 0 Å². The minimum atomic E-state index is 0.722. The summed E-state index contributed by atoms with van der Waals surface area (Å²) in [6, 6.07) is 0. The maximum absolute atomic E-state index is 4.41. The fraction of sp³-hybridized carbons (Fsp3) is 0.333. The summed E-state index contributed by atoms with van der Waals surface area (Å²) in [4.78, 5) is 0. The van der Waals surface area contributed by atoms with Gasteiger partial charge in [-0.05, 0) is 0 Å². The van der Waals surface area contributed by atoms with Crippen molar-refractivity contribution >= 4 is 25.3 Å². The van der Waals surface area contributed by atoms with Crippen LogP contribution in [0.15, 0.2) is 35.1 Å². The molecule has 6 heteroatoms. The Hall–Kier alpha value is -0.880. The summed E-state index contributed by atoms with van der Waals surface area (Å²) in [6.07, 6.45) is 7.94. The van der Waals surface area contributed by atoms with Crippen LogP contribution in [0.25, 0.3) is 0 Å². The molecule has 0 amide bonds. The van der Waals surface area contributed by atoms with Crippen LogP contribution in [-0.2, 0) is 20.8 Å². The number of thiol groups is 2. The average molecular weight is 242 g/mol. The van der Waals surface area contributed by atoms with E-state index in [1.165, 1.54) is 0 Å². The molecule has 0 aliphatic rings. The molecular weight excluding hydrogens is 228 g/mol. The molecule has 2 heterocycles. The second-order valence-corrected chi connectivity index (χ2v) is 4.30. The third-order valence-corrected chi connectivity index (χ3v) is 3.53. The molecule has 0 aromatic carbocycles. The topological polar surface area (TPSA) is 17.6 Å². The maximum Gasteiger partial charge on any atom is 0.317 e. The molecule has 0 fully saturated rings. The fourth-order valence-corrected chi connectivity index (χ4v) is 1.81. The predicted octanol–water partition coefficient (Wildman–Crippen LogP) is 0.0218. The van der Waals surface area contributed by atoms with Crippen molar-refractivity contribution in [2.45, 2.75) is 17.0 Å². The molecule has 0 spiro atoms. The summed E-state index contributed by atoms with van der Waals surface area (Å²) in [7, 11) is 3.94. The Labute approximate surface area is 99.6 Å². The van der Waals surface area contributed by atoms with Crippen molar-refractivity contribution in [2.24, 2.45) is 14.1 Å². The average Bonchev–Trinajstić information content (AvgIpc) is 2.68. The third-order valence-electron chi connectivity index (χ3n) is 2.39. The van der Waals surface area contributed by atoms with Crippen molar-refractivity contribution in [1.82, 2.24) is 9.13 Å². The lowest BCUT2D eigenvalue weighted by Gasteiger charge is -1.96. The van der Waals surface area contributed by atoms with Crippen molar-refractivity contribution in [3.8, 4) is 0 Å². The first-order valence-corrected chi connectivity index (χ1v) is 5.46. The van der Waals surface area contributed by atoms with Gasteiger partial charge in [-0.3, -0.25) is 0 Å². The summed E-state index contributed by atoms with van der Waals surface area (Å²) in [5.41, 5.74) is 0. The number of nitrogens with zero attached hydrogens (tertiary/aromatic N) is 4. The molecule has 80 valence electrons. The first-order valence-electron chi connectivity index (χ1n) is 4.57. The van der Waals surface area contributed by atoms with Gasteiger partial charge in [0, 0.05) is 0 Å². The molecule has 2 aromatic rings. The van der Waals surface area contributed by atoms with Gasteiger partial charge in [0.1, 0.15) is 24.8 Å². The van der Waals surface area contributed by atoms with Crippen molar-refractivity contribution in [3.63, 3.8) is 0 Å². The fourth-order valence-electron chi connectivity index (χ4n) is 1.42. The third kappa shape index (κ3) is 1.91. The highest BCUT2D eigenvalue weighted by Gasteiger charge is 2.16. The van der Waals surface area contributed by atoms with Crippen molar-refractivity contribution in [3.05, 3.63) is 24.8 Å². The van der Waals surface area contributed by atoms with Gasteiger partial charge in [-0.15, -0.1) is 0 Å². The van der Waals surface area contributed by atoms with Crippen molar-refractivity contribution in [2.75, 3.05) is 0 Å². The van der Waals surface area contributed by atoms with Gasteiger partial charge < -0.3 is 0 Å². The summed E-state index contributed by atoms with van der Waals surface area (Å²) in [6.45, 7) is 0.722. The second kappa shape index (κ2) is 3.94. The SMILES string of the molecule is C[n+]1ccn(Cn2cc[n+](C)c2S)c1S. The van der Waals surface area contributed by atoms with Crippen LogP contribution in [0.3, 0.4) is 0 Å². The van der Waals surface area contributed by atoms with Crippen LogP contribution in [0.4, 0.5) is 0 Å². The highest BCUT2D eigenvalue weighted by Crippen LogP contribution is 2.04. The lowest BCUT2D eigenvalue weighted by atomic mass is 10.8. The summed E-state index contributed by atoms with van der Waals surface area (Å²) in [5, 5.41) is 1.83. The highest BCUT2D eigenvalue weighted by molar-refractivity contribution is 7.80. The molecule has 0 saturated heterocycles. The minimum Gasteiger partial charge on any atom is -0.227 e. The molecule has 4 nitrogen and oxygen atoms in total. The number of aromatic nitrogens is 4. The van der Waals surface area contributed by atoms with Gasteiger partial charge in [-0.1, -0.05) is 25.3 Å². The van der Waals surface area contributed by atoms with E-state index in [0.29, 0.717) is 0 Å². The Bertz CT molecular complexity index is 442. The maximum atomic E-state index is 4.41. The normalized spacial score (nSPS) is 10.9. The van der Waals surface area contributed by atoms with E-state index in [0.717, 1.165) is 17.0 Å². The van der Waals surface area contributed by atoms with E-state index in [-0.39, 0.29) is 0 Å². The van der Waals surface area contributed by atoms with Gasteiger partial charge in [-0.2, -0.15) is 9.13 Å². The zero-order chi connectivity index (χ0) is 11.0. The largest absolute Gasteiger partial charge is 0.317 e. The first kappa shape index (κ1) is 10.6. The Morgan fingerprint density at radius 3 is 1.67 bits per heavy atom. The molecule has 0 N–H and O–H groups in total. The van der Waals surface area contributed by atoms with E-state index >= 15 is 0 Å². The van der Waals surface area contributed by atoms with Gasteiger partial charge in [0.05, 0.1) is 14.1 Å². The molecule has 0 atom stereocenters. The zero-order valence-corrected chi connectivity index (χ0v) is 10.5. The van der Waals surface area contributed by atoms with Gasteiger partial charge in [0.25, 0.3) is 0 Å². The summed E-state index contributed by atoms with van der Waals surface area (Å²) >= 11 is 8.83. The minimum absolute atomic E-state index is 0.722. The molecule has 0 saturated carbocycles.